The monoisotopic (exact) mass is 557 g/mol. The van der Waals surface area contributed by atoms with E-state index in [-0.39, 0.29) is 26.9 Å². The summed E-state index contributed by atoms with van der Waals surface area (Å²) in [6.45, 7) is 1.87. The molecule has 1 heterocycles. The van der Waals surface area contributed by atoms with Gasteiger partial charge in [0, 0.05) is 10.7 Å². The number of hydrogen-bond donors (Lipinski definition) is 1. The molecule has 38 heavy (non-hydrogen) atoms. The number of carbonyl (C=O) groups excluding carboxylic acids is 2. The van der Waals surface area contributed by atoms with E-state index in [9.17, 15) is 14.7 Å². The highest BCUT2D eigenvalue weighted by molar-refractivity contribution is 6.52. The van der Waals surface area contributed by atoms with Crippen LogP contribution in [0.1, 0.15) is 22.7 Å². The maximum Gasteiger partial charge on any atom is 0.300 e. The second kappa shape index (κ2) is 10.8. The van der Waals surface area contributed by atoms with E-state index >= 15 is 0 Å². The number of Topliss-reactive ketones (excluding diaryl/α,β-unsaturated/α-hetero) is 1. The van der Waals surface area contributed by atoms with Crippen molar-refractivity contribution in [3.8, 4) is 23.0 Å². The molecule has 0 aliphatic carbocycles. The summed E-state index contributed by atoms with van der Waals surface area (Å²) in [5.41, 5.74) is 1.62. The van der Waals surface area contributed by atoms with Crippen LogP contribution in [0.15, 0.2) is 54.1 Å². The lowest BCUT2D eigenvalue weighted by atomic mass is 9.94. The van der Waals surface area contributed by atoms with Gasteiger partial charge in [-0.2, -0.15) is 0 Å². The second-order valence-electron chi connectivity index (χ2n) is 8.44. The third-order valence-electron chi connectivity index (χ3n) is 6.19. The molecule has 10 heteroatoms. The minimum absolute atomic E-state index is 0.0599. The van der Waals surface area contributed by atoms with Crippen LogP contribution in [-0.2, 0) is 9.59 Å². The summed E-state index contributed by atoms with van der Waals surface area (Å²) in [5, 5.41) is 11.9. The number of amides is 1. The molecule has 8 nitrogen and oxygen atoms in total. The van der Waals surface area contributed by atoms with E-state index in [4.69, 9.17) is 42.1 Å². The van der Waals surface area contributed by atoms with Gasteiger partial charge in [0.2, 0.25) is 5.75 Å². The van der Waals surface area contributed by atoms with Crippen LogP contribution < -0.4 is 23.8 Å². The number of benzene rings is 3. The number of anilines is 1. The molecule has 0 aromatic heterocycles. The number of carbonyl (C=O) groups is 2. The molecule has 0 spiro atoms. The van der Waals surface area contributed by atoms with Crippen molar-refractivity contribution < 1.29 is 33.6 Å². The van der Waals surface area contributed by atoms with E-state index in [2.05, 4.69) is 0 Å². The van der Waals surface area contributed by atoms with Gasteiger partial charge in [-0.05, 0) is 54.4 Å². The average molecular weight is 558 g/mol. The molecule has 1 N–H and O–H groups in total. The summed E-state index contributed by atoms with van der Waals surface area (Å²) in [4.78, 5) is 28.4. The molecule has 4 rings (SSSR count). The fraction of sp³-hybridized carbons (Fsp3) is 0.214. The Morgan fingerprint density at radius 2 is 1.50 bits per heavy atom. The highest BCUT2D eigenvalue weighted by Crippen LogP contribution is 2.48. The van der Waals surface area contributed by atoms with Crippen molar-refractivity contribution in [3.63, 3.8) is 0 Å². The van der Waals surface area contributed by atoms with Gasteiger partial charge in [0.15, 0.2) is 11.5 Å². The lowest BCUT2D eigenvalue weighted by molar-refractivity contribution is -0.132. The van der Waals surface area contributed by atoms with E-state index in [1.54, 1.807) is 30.3 Å². The Labute approximate surface area is 229 Å². The molecule has 1 aliphatic rings. The Kier molecular flexibility index (Phi) is 7.76. The van der Waals surface area contributed by atoms with Crippen LogP contribution in [0.4, 0.5) is 5.69 Å². The first-order chi connectivity index (χ1) is 18.2. The molecular weight excluding hydrogens is 533 g/mol. The van der Waals surface area contributed by atoms with Crippen LogP contribution in [0.5, 0.6) is 23.0 Å². The highest BCUT2D eigenvalue weighted by Gasteiger charge is 2.48. The minimum Gasteiger partial charge on any atom is -0.507 e. The second-order valence-corrected chi connectivity index (χ2v) is 9.28. The molecule has 3 aromatic carbocycles. The van der Waals surface area contributed by atoms with Crippen molar-refractivity contribution in [1.29, 1.82) is 0 Å². The average Bonchev–Trinajstić information content (AvgIpc) is 3.17. The number of aliphatic hydroxyl groups excluding tert-OH is 1. The first-order valence-electron chi connectivity index (χ1n) is 11.4. The van der Waals surface area contributed by atoms with E-state index in [1.165, 1.54) is 45.5 Å². The van der Waals surface area contributed by atoms with Crippen molar-refractivity contribution in [1.82, 2.24) is 0 Å². The number of methoxy groups -OCH3 is 4. The van der Waals surface area contributed by atoms with Crippen molar-refractivity contribution in [2.24, 2.45) is 0 Å². The van der Waals surface area contributed by atoms with Gasteiger partial charge in [0.25, 0.3) is 11.7 Å². The zero-order valence-electron chi connectivity index (χ0n) is 21.3. The molecule has 1 atom stereocenters. The summed E-state index contributed by atoms with van der Waals surface area (Å²) in [6, 6.07) is 12.1. The van der Waals surface area contributed by atoms with Gasteiger partial charge in [-0.3, -0.25) is 14.5 Å². The largest absolute Gasteiger partial charge is 0.507 e. The molecule has 0 bridgehead atoms. The van der Waals surface area contributed by atoms with Crippen molar-refractivity contribution in [2.45, 2.75) is 13.0 Å². The van der Waals surface area contributed by atoms with Crippen LogP contribution in [0, 0.1) is 6.92 Å². The van der Waals surface area contributed by atoms with E-state index in [0.717, 1.165) is 5.56 Å². The number of ether oxygens (including phenoxy) is 4. The van der Waals surface area contributed by atoms with Crippen LogP contribution in [0.25, 0.3) is 5.76 Å². The lowest BCUT2D eigenvalue weighted by Crippen LogP contribution is -2.29. The van der Waals surface area contributed by atoms with Gasteiger partial charge in [-0.1, -0.05) is 35.3 Å². The number of nitrogens with zero attached hydrogens (tertiary/aromatic N) is 1. The van der Waals surface area contributed by atoms with Crippen LogP contribution in [-0.4, -0.2) is 45.2 Å². The fourth-order valence-corrected chi connectivity index (χ4v) is 5.11. The normalized spacial score (nSPS) is 16.5. The molecular formula is C28H25Cl2NO7. The van der Waals surface area contributed by atoms with Crippen LogP contribution in [0.2, 0.25) is 10.0 Å². The SMILES string of the molecule is COc1cc(C2/C(=C(\O)c3cc(Cl)cc(Cl)c3OC)C(=O)C(=O)N2c2cccc(C)c2)cc(OC)c1OC. The maximum atomic E-state index is 13.6. The number of hydrogen-bond acceptors (Lipinski definition) is 7. The molecule has 1 fully saturated rings. The molecule has 1 aliphatic heterocycles. The minimum atomic E-state index is -1.08. The lowest BCUT2D eigenvalue weighted by Gasteiger charge is -2.27. The van der Waals surface area contributed by atoms with Crippen molar-refractivity contribution in [3.05, 3.63) is 80.8 Å². The fourth-order valence-electron chi connectivity index (χ4n) is 4.54. The van der Waals surface area contributed by atoms with Crippen molar-refractivity contribution >= 4 is 46.3 Å². The summed E-state index contributed by atoms with van der Waals surface area (Å²) in [6.07, 6.45) is 0. The van der Waals surface area contributed by atoms with Gasteiger partial charge in [-0.25, -0.2) is 0 Å². The zero-order valence-corrected chi connectivity index (χ0v) is 22.8. The Bertz CT molecular complexity index is 1440. The summed E-state index contributed by atoms with van der Waals surface area (Å²) < 4.78 is 21.9. The first kappa shape index (κ1) is 27.2. The molecule has 0 saturated carbocycles. The molecule has 1 amide bonds. The van der Waals surface area contributed by atoms with E-state index in [1.807, 2.05) is 13.0 Å². The number of ketones is 1. The number of aryl methyl sites for hydroxylation is 1. The molecule has 3 aromatic rings. The molecule has 0 radical (unpaired) electrons. The van der Waals surface area contributed by atoms with Gasteiger partial charge >= 0.3 is 0 Å². The Balaban J connectivity index is 2.08. The van der Waals surface area contributed by atoms with Gasteiger partial charge in [0.1, 0.15) is 11.5 Å². The standard InChI is InChI=1S/C28H25Cl2NO7/c1-14-7-6-8-17(9-14)31-23(15-10-20(35-2)27(38-5)21(11-15)36-3)22(25(33)28(31)34)24(32)18-12-16(29)13-19(30)26(18)37-4/h6-13,23,32H,1-5H3/b24-22+. The molecule has 1 saturated heterocycles. The molecule has 198 valence electrons. The highest BCUT2D eigenvalue weighted by atomic mass is 35.5. The third kappa shape index (κ3) is 4.61. The first-order valence-corrected chi connectivity index (χ1v) is 12.1. The quantitative estimate of drug-likeness (QED) is 0.217. The van der Waals surface area contributed by atoms with E-state index < -0.39 is 23.5 Å². The summed E-state index contributed by atoms with van der Waals surface area (Å²) >= 11 is 12.5. The predicted octanol–water partition coefficient (Wildman–Crippen LogP) is 5.96. The van der Waals surface area contributed by atoms with Crippen molar-refractivity contribution in [2.75, 3.05) is 33.3 Å². The van der Waals surface area contributed by atoms with Gasteiger partial charge in [-0.15, -0.1) is 0 Å². The Morgan fingerprint density at radius 3 is 2.05 bits per heavy atom. The number of halogens is 2. The zero-order chi connectivity index (χ0) is 27.7. The van der Waals surface area contributed by atoms with Gasteiger partial charge < -0.3 is 24.1 Å². The molecule has 1 unspecified atom stereocenters. The number of rotatable bonds is 7. The number of aliphatic hydroxyl groups is 1. The Morgan fingerprint density at radius 1 is 0.868 bits per heavy atom. The summed E-state index contributed by atoms with van der Waals surface area (Å²) in [7, 11) is 5.75. The van der Waals surface area contributed by atoms with Crippen LogP contribution >= 0.6 is 23.2 Å². The summed E-state index contributed by atoms with van der Waals surface area (Å²) in [5.74, 6) is -1.20. The maximum absolute atomic E-state index is 13.6. The topological polar surface area (TPSA) is 94.5 Å². The predicted molar refractivity (Wildman–Crippen MR) is 145 cm³/mol. The van der Waals surface area contributed by atoms with E-state index in [0.29, 0.717) is 28.5 Å². The Hall–Kier alpha value is -3.88. The van der Waals surface area contributed by atoms with Gasteiger partial charge in [0.05, 0.1) is 50.6 Å². The third-order valence-corrected chi connectivity index (χ3v) is 6.69. The smallest absolute Gasteiger partial charge is 0.300 e. The van der Waals surface area contributed by atoms with Crippen LogP contribution in [0.3, 0.4) is 0 Å².